The Morgan fingerprint density at radius 2 is 1.96 bits per heavy atom. The second kappa shape index (κ2) is 10.3. The molecule has 1 aliphatic heterocycles. The highest BCUT2D eigenvalue weighted by Crippen LogP contribution is 2.16. The van der Waals surface area contributed by atoms with E-state index in [1.165, 1.54) is 43.6 Å². The third-order valence-electron chi connectivity index (χ3n) is 4.99. The quantitative estimate of drug-likeness (QED) is 0.453. The van der Waals surface area contributed by atoms with Crippen LogP contribution in [-0.4, -0.2) is 57.7 Å². The van der Waals surface area contributed by atoms with Crippen molar-refractivity contribution >= 4 is 11.6 Å². The fraction of sp³-hybridized carbons (Fsp3) is 0.650. The van der Waals surface area contributed by atoms with Crippen molar-refractivity contribution in [1.82, 2.24) is 15.5 Å². The SMILES string of the molecule is CN=C(NCCCN1CCCCC1C)NCc1ccc(N(C)C)cc1. The molecule has 0 radical (unpaired) electrons. The van der Waals surface area contributed by atoms with Crippen LogP contribution in [0.15, 0.2) is 29.3 Å². The molecule has 1 saturated heterocycles. The molecule has 1 aromatic rings. The summed E-state index contributed by atoms with van der Waals surface area (Å²) in [5.41, 5.74) is 2.48. The summed E-state index contributed by atoms with van der Waals surface area (Å²) in [6.45, 7) is 6.54. The molecule has 5 nitrogen and oxygen atoms in total. The van der Waals surface area contributed by atoms with E-state index in [1.54, 1.807) is 0 Å². The maximum Gasteiger partial charge on any atom is 0.191 e. The van der Waals surface area contributed by atoms with Gasteiger partial charge in [-0.2, -0.15) is 0 Å². The van der Waals surface area contributed by atoms with Crippen molar-refractivity contribution in [3.8, 4) is 0 Å². The summed E-state index contributed by atoms with van der Waals surface area (Å²) < 4.78 is 0. The van der Waals surface area contributed by atoms with Crippen LogP contribution in [0.3, 0.4) is 0 Å². The number of aliphatic imine (C=N–C) groups is 1. The number of nitrogens with one attached hydrogen (secondary N) is 2. The van der Waals surface area contributed by atoms with Gasteiger partial charge >= 0.3 is 0 Å². The molecular formula is C20H35N5. The van der Waals surface area contributed by atoms with Gasteiger partial charge in [0.2, 0.25) is 0 Å². The number of nitrogens with zero attached hydrogens (tertiary/aromatic N) is 3. The van der Waals surface area contributed by atoms with Gasteiger partial charge in [-0.05, 0) is 50.4 Å². The van der Waals surface area contributed by atoms with Crippen molar-refractivity contribution in [3.05, 3.63) is 29.8 Å². The smallest absolute Gasteiger partial charge is 0.191 e. The zero-order chi connectivity index (χ0) is 18.1. The van der Waals surface area contributed by atoms with E-state index in [4.69, 9.17) is 0 Å². The average molecular weight is 346 g/mol. The van der Waals surface area contributed by atoms with Gasteiger partial charge in [-0.25, -0.2) is 0 Å². The molecular weight excluding hydrogens is 310 g/mol. The molecule has 2 N–H and O–H groups in total. The molecule has 1 aliphatic rings. The van der Waals surface area contributed by atoms with Crippen LogP contribution in [0.1, 0.15) is 38.2 Å². The number of likely N-dealkylation sites (tertiary alicyclic amines) is 1. The van der Waals surface area contributed by atoms with Crippen molar-refractivity contribution in [1.29, 1.82) is 0 Å². The van der Waals surface area contributed by atoms with Gasteiger partial charge in [-0.3, -0.25) is 4.99 Å². The summed E-state index contributed by atoms with van der Waals surface area (Å²) in [4.78, 5) is 9.05. The molecule has 1 unspecified atom stereocenters. The maximum absolute atomic E-state index is 4.32. The lowest BCUT2D eigenvalue weighted by Crippen LogP contribution is -2.41. The van der Waals surface area contributed by atoms with Crippen LogP contribution in [0.4, 0.5) is 5.69 Å². The van der Waals surface area contributed by atoms with E-state index < -0.39 is 0 Å². The van der Waals surface area contributed by atoms with E-state index in [1.807, 2.05) is 7.05 Å². The van der Waals surface area contributed by atoms with Crippen LogP contribution in [0.25, 0.3) is 0 Å². The Morgan fingerprint density at radius 3 is 2.60 bits per heavy atom. The molecule has 0 bridgehead atoms. The Morgan fingerprint density at radius 1 is 1.20 bits per heavy atom. The van der Waals surface area contributed by atoms with Crippen LogP contribution in [-0.2, 0) is 6.54 Å². The van der Waals surface area contributed by atoms with Crippen molar-refractivity contribution in [2.75, 3.05) is 45.7 Å². The maximum atomic E-state index is 4.32. The summed E-state index contributed by atoms with van der Waals surface area (Å²) in [6.07, 6.45) is 5.25. The standard InChI is InChI=1S/C20H35N5/c1-17-8-5-6-14-25(17)15-7-13-22-20(21-2)23-16-18-9-11-19(12-10-18)24(3)4/h9-12,17H,5-8,13-16H2,1-4H3,(H2,21,22,23). The van der Waals surface area contributed by atoms with Gasteiger partial charge in [0.1, 0.15) is 0 Å². The minimum atomic E-state index is 0.747. The van der Waals surface area contributed by atoms with Gasteiger partial charge in [0.15, 0.2) is 5.96 Å². The van der Waals surface area contributed by atoms with Gasteiger partial charge in [0.05, 0.1) is 0 Å². The van der Waals surface area contributed by atoms with Crippen molar-refractivity contribution in [3.63, 3.8) is 0 Å². The second-order valence-electron chi connectivity index (χ2n) is 7.15. The number of piperidine rings is 1. The van der Waals surface area contributed by atoms with E-state index in [0.717, 1.165) is 31.5 Å². The van der Waals surface area contributed by atoms with Crippen molar-refractivity contribution < 1.29 is 0 Å². The fourth-order valence-corrected chi connectivity index (χ4v) is 3.30. The van der Waals surface area contributed by atoms with Crippen LogP contribution < -0.4 is 15.5 Å². The molecule has 0 aromatic heterocycles. The minimum Gasteiger partial charge on any atom is -0.378 e. The number of guanidine groups is 1. The molecule has 0 saturated carbocycles. The Labute approximate surface area is 153 Å². The summed E-state index contributed by atoms with van der Waals surface area (Å²) >= 11 is 0. The van der Waals surface area contributed by atoms with Crippen molar-refractivity contribution in [2.45, 2.75) is 45.2 Å². The normalized spacial score (nSPS) is 18.9. The minimum absolute atomic E-state index is 0.747. The molecule has 0 amide bonds. The second-order valence-corrected chi connectivity index (χ2v) is 7.15. The van der Waals surface area contributed by atoms with Crippen LogP contribution in [0, 0.1) is 0 Å². The Balaban J connectivity index is 1.66. The first-order valence-corrected chi connectivity index (χ1v) is 9.55. The largest absolute Gasteiger partial charge is 0.378 e. The third kappa shape index (κ3) is 6.58. The van der Waals surface area contributed by atoms with Gasteiger partial charge < -0.3 is 20.4 Å². The van der Waals surface area contributed by atoms with Crippen LogP contribution in [0.2, 0.25) is 0 Å². The predicted octanol–water partition coefficient (Wildman–Crippen LogP) is 2.68. The molecule has 1 heterocycles. The molecule has 2 rings (SSSR count). The van der Waals surface area contributed by atoms with E-state index in [-0.39, 0.29) is 0 Å². The fourth-order valence-electron chi connectivity index (χ4n) is 3.30. The number of anilines is 1. The summed E-state index contributed by atoms with van der Waals surface area (Å²) in [7, 11) is 5.95. The topological polar surface area (TPSA) is 42.9 Å². The van der Waals surface area contributed by atoms with Crippen LogP contribution in [0.5, 0.6) is 0 Å². The van der Waals surface area contributed by atoms with Crippen LogP contribution >= 0.6 is 0 Å². The number of benzene rings is 1. The molecule has 1 atom stereocenters. The highest BCUT2D eigenvalue weighted by atomic mass is 15.2. The Kier molecular flexibility index (Phi) is 8.06. The number of hydrogen-bond donors (Lipinski definition) is 2. The zero-order valence-electron chi connectivity index (χ0n) is 16.4. The summed E-state index contributed by atoms with van der Waals surface area (Å²) in [5, 5.41) is 6.82. The average Bonchev–Trinajstić information content (AvgIpc) is 2.63. The van der Waals surface area contributed by atoms with Gasteiger partial charge in [0, 0.05) is 52.5 Å². The van der Waals surface area contributed by atoms with Gasteiger partial charge in [-0.15, -0.1) is 0 Å². The van der Waals surface area contributed by atoms with E-state index >= 15 is 0 Å². The highest BCUT2D eigenvalue weighted by Gasteiger charge is 2.17. The lowest BCUT2D eigenvalue weighted by Gasteiger charge is -2.33. The number of hydrogen-bond acceptors (Lipinski definition) is 3. The Hall–Kier alpha value is -1.75. The first-order chi connectivity index (χ1) is 12.1. The molecule has 140 valence electrons. The molecule has 25 heavy (non-hydrogen) atoms. The van der Waals surface area contributed by atoms with Gasteiger partial charge in [-0.1, -0.05) is 18.6 Å². The monoisotopic (exact) mass is 345 g/mol. The van der Waals surface area contributed by atoms with Gasteiger partial charge in [0.25, 0.3) is 0 Å². The molecule has 0 spiro atoms. The molecule has 1 fully saturated rings. The van der Waals surface area contributed by atoms with E-state index in [0.29, 0.717) is 0 Å². The number of rotatable bonds is 7. The Bertz CT molecular complexity index is 523. The summed E-state index contributed by atoms with van der Waals surface area (Å²) in [5.74, 6) is 0.878. The molecule has 5 heteroatoms. The predicted molar refractivity (Wildman–Crippen MR) is 108 cm³/mol. The first kappa shape index (κ1) is 19.6. The molecule has 0 aliphatic carbocycles. The molecule has 1 aromatic carbocycles. The summed E-state index contributed by atoms with van der Waals surface area (Å²) in [6, 6.07) is 9.36. The van der Waals surface area contributed by atoms with E-state index in [2.05, 4.69) is 70.7 Å². The third-order valence-corrected chi connectivity index (χ3v) is 4.99. The lowest BCUT2D eigenvalue weighted by molar-refractivity contribution is 0.159. The first-order valence-electron chi connectivity index (χ1n) is 9.55. The highest BCUT2D eigenvalue weighted by molar-refractivity contribution is 5.79. The van der Waals surface area contributed by atoms with Crippen molar-refractivity contribution in [2.24, 2.45) is 4.99 Å². The zero-order valence-corrected chi connectivity index (χ0v) is 16.4. The van der Waals surface area contributed by atoms with E-state index in [9.17, 15) is 0 Å². The lowest BCUT2D eigenvalue weighted by atomic mass is 10.0.